The van der Waals surface area contributed by atoms with Crippen molar-refractivity contribution in [3.63, 3.8) is 0 Å². The predicted molar refractivity (Wildman–Crippen MR) is 124 cm³/mol. The summed E-state index contributed by atoms with van der Waals surface area (Å²) >= 11 is 0. The molecular formula is C27H30N3O2+. The molecule has 0 bridgehead atoms. The number of ether oxygens (including phenoxy) is 1. The summed E-state index contributed by atoms with van der Waals surface area (Å²) in [6.45, 7) is 4.08. The van der Waals surface area contributed by atoms with Crippen molar-refractivity contribution in [1.82, 2.24) is 5.32 Å². The SMILES string of the molecule is CC(C)C[C@H](OC(c1ccccc1)c1ccc(-c2ccc[n+](C)c2)cc1)C(=O)NCC#N. The lowest BCUT2D eigenvalue weighted by molar-refractivity contribution is -0.671. The Hall–Kier alpha value is -3.49. The third-order valence-corrected chi connectivity index (χ3v) is 5.21. The molecule has 5 nitrogen and oxygen atoms in total. The lowest BCUT2D eigenvalue weighted by Gasteiger charge is -2.26. The van der Waals surface area contributed by atoms with Gasteiger partial charge in [-0.15, -0.1) is 0 Å². The van der Waals surface area contributed by atoms with E-state index in [-0.39, 0.29) is 18.4 Å². The van der Waals surface area contributed by atoms with Gasteiger partial charge in [-0.1, -0.05) is 68.4 Å². The minimum absolute atomic E-state index is 0.0318. The molecule has 0 saturated carbocycles. The minimum Gasteiger partial charge on any atom is -0.356 e. The average Bonchev–Trinajstić information content (AvgIpc) is 2.80. The summed E-state index contributed by atoms with van der Waals surface area (Å²) in [5.41, 5.74) is 4.20. The number of pyridine rings is 1. The van der Waals surface area contributed by atoms with Crippen molar-refractivity contribution in [2.45, 2.75) is 32.5 Å². The van der Waals surface area contributed by atoms with Gasteiger partial charge < -0.3 is 10.1 Å². The van der Waals surface area contributed by atoms with Gasteiger partial charge >= 0.3 is 0 Å². The Morgan fingerprint density at radius 2 is 1.69 bits per heavy atom. The van der Waals surface area contributed by atoms with Crippen LogP contribution in [0, 0.1) is 17.2 Å². The van der Waals surface area contributed by atoms with Gasteiger partial charge in [0.25, 0.3) is 0 Å². The fourth-order valence-electron chi connectivity index (χ4n) is 3.64. The van der Waals surface area contributed by atoms with Gasteiger partial charge in [0.2, 0.25) is 5.91 Å². The number of hydrogen-bond acceptors (Lipinski definition) is 3. The molecule has 3 rings (SSSR count). The van der Waals surface area contributed by atoms with Crippen molar-refractivity contribution < 1.29 is 14.1 Å². The fraction of sp³-hybridized carbons (Fsp3) is 0.296. The van der Waals surface area contributed by atoms with Crippen LogP contribution in [0.5, 0.6) is 0 Å². The van der Waals surface area contributed by atoms with E-state index in [2.05, 4.69) is 55.7 Å². The van der Waals surface area contributed by atoms with Crippen molar-refractivity contribution >= 4 is 5.91 Å². The van der Waals surface area contributed by atoms with Crippen LogP contribution >= 0.6 is 0 Å². The van der Waals surface area contributed by atoms with Gasteiger partial charge in [0.1, 0.15) is 25.8 Å². The van der Waals surface area contributed by atoms with E-state index in [1.54, 1.807) is 0 Å². The van der Waals surface area contributed by atoms with Crippen LogP contribution in [0.4, 0.5) is 0 Å². The molecule has 1 aromatic heterocycles. The highest BCUT2D eigenvalue weighted by Gasteiger charge is 2.26. The summed E-state index contributed by atoms with van der Waals surface area (Å²) < 4.78 is 8.45. The summed E-state index contributed by atoms with van der Waals surface area (Å²) in [6.07, 6.45) is 3.61. The summed E-state index contributed by atoms with van der Waals surface area (Å²) in [5, 5.41) is 11.5. The predicted octanol–water partition coefficient (Wildman–Crippen LogP) is 4.34. The highest BCUT2D eigenvalue weighted by Crippen LogP contribution is 2.30. The first-order chi connectivity index (χ1) is 15.5. The van der Waals surface area contributed by atoms with E-state index >= 15 is 0 Å². The number of aryl methyl sites for hydroxylation is 1. The highest BCUT2D eigenvalue weighted by molar-refractivity contribution is 5.81. The molecule has 2 atom stereocenters. The molecule has 0 spiro atoms. The molecule has 0 radical (unpaired) electrons. The molecule has 1 heterocycles. The number of carbonyl (C=O) groups is 1. The zero-order valence-corrected chi connectivity index (χ0v) is 18.9. The van der Waals surface area contributed by atoms with Crippen LogP contribution in [-0.2, 0) is 16.6 Å². The Balaban J connectivity index is 1.92. The first-order valence-electron chi connectivity index (χ1n) is 10.9. The molecule has 164 valence electrons. The number of aromatic nitrogens is 1. The van der Waals surface area contributed by atoms with Crippen molar-refractivity contribution in [2.24, 2.45) is 13.0 Å². The van der Waals surface area contributed by atoms with E-state index in [4.69, 9.17) is 10.00 Å². The van der Waals surface area contributed by atoms with Gasteiger partial charge in [0.05, 0.1) is 6.07 Å². The maximum atomic E-state index is 12.7. The third kappa shape index (κ3) is 6.26. The maximum absolute atomic E-state index is 12.7. The van der Waals surface area contributed by atoms with Crippen LogP contribution in [0.3, 0.4) is 0 Å². The Morgan fingerprint density at radius 1 is 1.00 bits per heavy atom. The van der Waals surface area contributed by atoms with Crippen LogP contribution < -0.4 is 9.88 Å². The van der Waals surface area contributed by atoms with Gasteiger partial charge in [-0.3, -0.25) is 4.79 Å². The van der Waals surface area contributed by atoms with Crippen LogP contribution in [-0.4, -0.2) is 18.6 Å². The monoisotopic (exact) mass is 428 g/mol. The Bertz CT molecular complexity index is 1060. The largest absolute Gasteiger partial charge is 0.356 e. The number of rotatable bonds is 9. The molecule has 32 heavy (non-hydrogen) atoms. The van der Waals surface area contributed by atoms with Crippen LogP contribution in [0.25, 0.3) is 11.1 Å². The number of nitrogens with zero attached hydrogens (tertiary/aromatic N) is 2. The topological polar surface area (TPSA) is 66.0 Å². The number of benzene rings is 2. The van der Waals surface area contributed by atoms with Gasteiger partial charge in [0, 0.05) is 11.6 Å². The summed E-state index contributed by atoms with van der Waals surface area (Å²) in [5.74, 6) is 0.0139. The Morgan fingerprint density at radius 3 is 2.31 bits per heavy atom. The third-order valence-electron chi connectivity index (χ3n) is 5.21. The lowest BCUT2D eigenvalue weighted by atomic mass is 9.97. The van der Waals surface area contributed by atoms with Crippen molar-refractivity contribution in [3.05, 3.63) is 90.3 Å². The summed E-state index contributed by atoms with van der Waals surface area (Å²) in [6, 6.07) is 24.3. The molecule has 1 unspecified atom stereocenters. The normalized spacial score (nSPS) is 12.7. The average molecular weight is 429 g/mol. The zero-order valence-electron chi connectivity index (χ0n) is 18.9. The molecule has 0 aliphatic carbocycles. The molecule has 2 aromatic carbocycles. The highest BCUT2D eigenvalue weighted by atomic mass is 16.5. The van der Waals surface area contributed by atoms with E-state index in [9.17, 15) is 4.79 Å². The minimum atomic E-state index is -0.651. The number of nitriles is 1. The number of carbonyl (C=O) groups excluding carboxylic acids is 1. The number of amides is 1. The molecule has 5 heteroatoms. The number of nitrogens with one attached hydrogen (secondary N) is 1. The lowest BCUT2D eigenvalue weighted by Crippen LogP contribution is -2.38. The second kappa shape index (κ2) is 11.2. The van der Waals surface area contributed by atoms with Crippen molar-refractivity contribution in [2.75, 3.05) is 6.54 Å². The quantitative estimate of drug-likeness (QED) is 0.407. The molecule has 0 fully saturated rings. The first kappa shape index (κ1) is 23.2. The second-order valence-corrected chi connectivity index (χ2v) is 8.30. The van der Waals surface area contributed by atoms with Gasteiger partial charge in [0.15, 0.2) is 12.4 Å². The van der Waals surface area contributed by atoms with E-state index < -0.39 is 12.2 Å². The van der Waals surface area contributed by atoms with Gasteiger partial charge in [-0.2, -0.15) is 5.26 Å². The standard InChI is InChI=1S/C27H29N3O2/c1-20(2)18-25(27(31)29-16-15-28)32-26(22-8-5-4-6-9-22)23-13-11-21(12-14-23)24-10-7-17-30(3)19-24/h4-14,17,19-20,25-26H,16,18H2,1-3H3/p+1/t25-,26?/m0/s1. The maximum Gasteiger partial charge on any atom is 0.250 e. The Labute approximate surface area is 190 Å². The molecule has 0 aliphatic rings. The van der Waals surface area contributed by atoms with Crippen molar-refractivity contribution in [1.29, 1.82) is 5.26 Å². The molecular weight excluding hydrogens is 398 g/mol. The van der Waals surface area contributed by atoms with E-state index in [1.165, 1.54) is 0 Å². The second-order valence-electron chi connectivity index (χ2n) is 8.30. The molecule has 0 aliphatic heterocycles. The van der Waals surface area contributed by atoms with Gasteiger partial charge in [-0.25, -0.2) is 4.57 Å². The first-order valence-corrected chi connectivity index (χ1v) is 10.9. The van der Waals surface area contributed by atoms with Crippen molar-refractivity contribution in [3.8, 4) is 17.2 Å². The van der Waals surface area contributed by atoms with E-state index in [1.807, 2.05) is 60.3 Å². The van der Waals surface area contributed by atoms with Crippen LogP contribution in [0.1, 0.15) is 37.5 Å². The Kier molecular flexibility index (Phi) is 8.13. The fourth-order valence-corrected chi connectivity index (χ4v) is 3.64. The summed E-state index contributed by atoms with van der Waals surface area (Å²) in [4.78, 5) is 12.7. The molecule has 3 aromatic rings. The van der Waals surface area contributed by atoms with Crippen LogP contribution in [0.2, 0.25) is 0 Å². The summed E-state index contributed by atoms with van der Waals surface area (Å²) in [7, 11) is 2.00. The molecule has 0 saturated heterocycles. The smallest absolute Gasteiger partial charge is 0.250 e. The van der Waals surface area contributed by atoms with E-state index in [0.717, 1.165) is 22.3 Å². The number of hydrogen-bond donors (Lipinski definition) is 1. The van der Waals surface area contributed by atoms with E-state index in [0.29, 0.717) is 6.42 Å². The molecule has 1 N–H and O–H groups in total. The van der Waals surface area contributed by atoms with Gasteiger partial charge in [-0.05, 0) is 35.1 Å². The zero-order chi connectivity index (χ0) is 22.9. The molecule has 1 amide bonds. The van der Waals surface area contributed by atoms with Crippen LogP contribution in [0.15, 0.2) is 79.1 Å².